The molecule has 0 heterocycles. The molecule has 5 nitrogen and oxygen atoms in total. The maximum absolute atomic E-state index is 12.0. The van der Waals surface area contributed by atoms with Crippen LogP contribution in [0.4, 0.5) is 0 Å². The van der Waals surface area contributed by atoms with Crippen molar-refractivity contribution in [3.05, 3.63) is 23.8 Å². The lowest BCUT2D eigenvalue weighted by atomic mass is 9.87. The normalized spacial score (nSPS) is 17.3. The van der Waals surface area contributed by atoms with Crippen molar-refractivity contribution in [2.45, 2.75) is 25.7 Å². The van der Waals surface area contributed by atoms with E-state index in [2.05, 4.69) is 5.32 Å². The molecule has 1 fully saturated rings. The highest BCUT2D eigenvalue weighted by molar-refractivity contribution is 5.97. The first-order chi connectivity index (χ1) is 9.06. The average molecular weight is 265 g/mol. The maximum atomic E-state index is 12.0. The molecular formula is C14H19NO4. The Bertz CT molecular complexity index is 467. The van der Waals surface area contributed by atoms with Crippen molar-refractivity contribution in [3.63, 3.8) is 0 Å². The van der Waals surface area contributed by atoms with E-state index in [-0.39, 0.29) is 29.1 Å². The number of amides is 1. The first-order valence-corrected chi connectivity index (χ1v) is 6.47. The van der Waals surface area contributed by atoms with Gasteiger partial charge >= 0.3 is 0 Å². The summed E-state index contributed by atoms with van der Waals surface area (Å²) in [5.74, 6) is -0.673. The van der Waals surface area contributed by atoms with Crippen molar-refractivity contribution in [2.75, 3.05) is 13.2 Å². The molecule has 0 aromatic heterocycles. The van der Waals surface area contributed by atoms with Gasteiger partial charge in [-0.3, -0.25) is 4.79 Å². The van der Waals surface area contributed by atoms with Crippen LogP contribution < -0.4 is 5.32 Å². The van der Waals surface area contributed by atoms with E-state index in [0.29, 0.717) is 6.54 Å². The van der Waals surface area contributed by atoms with Crippen LogP contribution in [0.1, 0.15) is 36.0 Å². The van der Waals surface area contributed by atoms with E-state index in [4.69, 9.17) is 0 Å². The molecule has 1 amide bonds. The Balaban J connectivity index is 2.03. The topological polar surface area (TPSA) is 89.8 Å². The molecule has 4 N–H and O–H groups in total. The van der Waals surface area contributed by atoms with Crippen molar-refractivity contribution >= 4 is 5.91 Å². The number of aliphatic hydroxyl groups excluding tert-OH is 1. The molecule has 1 aliphatic rings. The van der Waals surface area contributed by atoms with Gasteiger partial charge in [0.1, 0.15) is 11.5 Å². The molecule has 0 unspecified atom stereocenters. The molecule has 0 bridgehead atoms. The zero-order valence-corrected chi connectivity index (χ0v) is 10.7. The molecule has 5 heteroatoms. The third kappa shape index (κ3) is 2.98. The summed E-state index contributed by atoms with van der Waals surface area (Å²) in [4.78, 5) is 12.0. The highest BCUT2D eigenvalue weighted by atomic mass is 16.3. The van der Waals surface area contributed by atoms with Gasteiger partial charge in [-0.15, -0.1) is 0 Å². The first-order valence-electron chi connectivity index (χ1n) is 6.47. The maximum Gasteiger partial charge on any atom is 0.255 e. The van der Waals surface area contributed by atoms with Gasteiger partial charge in [0, 0.05) is 12.0 Å². The summed E-state index contributed by atoms with van der Waals surface area (Å²) in [7, 11) is 0. The number of phenols is 2. The minimum Gasteiger partial charge on any atom is -0.508 e. The van der Waals surface area contributed by atoms with Gasteiger partial charge in [-0.2, -0.15) is 0 Å². The molecule has 0 aliphatic heterocycles. The number of hydrogen-bond donors (Lipinski definition) is 4. The van der Waals surface area contributed by atoms with E-state index < -0.39 is 5.91 Å². The van der Waals surface area contributed by atoms with Gasteiger partial charge in [-0.25, -0.2) is 0 Å². The summed E-state index contributed by atoms with van der Waals surface area (Å²) in [6.45, 7) is 0.441. The molecule has 1 aromatic carbocycles. The van der Waals surface area contributed by atoms with Gasteiger partial charge in [-0.05, 0) is 31.0 Å². The molecule has 1 aromatic rings. The lowest BCUT2D eigenvalue weighted by molar-refractivity contribution is 0.0878. The van der Waals surface area contributed by atoms with Crippen LogP contribution in [0.15, 0.2) is 18.2 Å². The highest BCUT2D eigenvalue weighted by Gasteiger charge is 2.33. The summed E-state index contributed by atoms with van der Waals surface area (Å²) < 4.78 is 0. The standard InChI is InChI=1S/C14H19NO4/c16-9-14(5-1-2-6-14)8-15-13(19)11-7-10(17)3-4-12(11)18/h3-4,7,16-18H,1-2,5-6,8-9H2,(H,15,19). The number of carbonyl (C=O) groups is 1. The molecule has 0 spiro atoms. The van der Waals surface area contributed by atoms with E-state index in [0.717, 1.165) is 25.7 Å². The number of rotatable bonds is 4. The average Bonchev–Trinajstić information content (AvgIpc) is 2.88. The van der Waals surface area contributed by atoms with E-state index in [1.807, 2.05) is 0 Å². The Morgan fingerprint density at radius 1 is 1.26 bits per heavy atom. The van der Waals surface area contributed by atoms with Gasteiger partial charge in [0.15, 0.2) is 0 Å². The number of aromatic hydroxyl groups is 2. The number of hydrogen-bond acceptors (Lipinski definition) is 4. The van der Waals surface area contributed by atoms with Crippen LogP contribution in [0.25, 0.3) is 0 Å². The van der Waals surface area contributed by atoms with Gasteiger partial charge in [0.2, 0.25) is 0 Å². The van der Waals surface area contributed by atoms with E-state index in [1.54, 1.807) is 0 Å². The van der Waals surface area contributed by atoms with Gasteiger partial charge in [-0.1, -0.05) is 12.8 Å². The zero-order chi connectivity index (χ0) is 13.9. The molecule has 19 heavy (non-hydrogen) atoms. The van der Waals surface area contributed by atoms with Gasteiger partial charge < -0.3 is 20.6 Å². The van der Waals surface area contributed by atoms with Crippen LogP contribution in [0.2, 0.25) is 0 Å². The van der Waals surface area contributed by atoms with Gasteiger partial charge in [0.05, 0.1) is 12.2 Å². The zero-order valence-electron chi connectivity index (χ0n) is 10.7. The van der Waals surface area contributed by atoms with Crippen LogP contribution in [0.3, 0.4) is 0 Å². The lowest BCUT2D eigenvalue weighted by Crippen LogP contribution is -2.38. The Hall–Kier alpha value is -1.75. The highest BCUT2D eigenvalue weighted by Crippen LogP contribution is 2.37. The predicted octanol–water partition coefficient (Wildman–Crippen LogP) is 1.38. The summed E-state index contributed by atoms with van der Waals surface area (Å²) in [6, 6.07) is 3.82. The molecule has 2 rings (SSSR count). The van der Waals surface area contributed by atoms with Crippen LogP contribution in [0, 0.1) is 5.41 Å². The first kappa shape index (κ1) is 13.7. The summed E-state index contributed by atoms with van der Waals surface area (Å²) >= 11 is 0. The molecule has 104 valence electrons. The Labute approximate surface area is 111 Å². The van der Waals surface area contributed by atoms with E-state index in [1.165, 1.54) is 18.2 Å². The third-order valence-electron chi connectivity index (χ3n) is 3.85. The van der Waals surface area contributed by atoms with Crippen molar-refractivity contribution < 1.29 is 20.1 Å². The van der Waals surface area contributed by atoms with Crippen LogP contribution >= 0.6 is 0 Å². The van der Waals surface area contributed by atoms with Crippen molar-refractivity contribution in [1.82, 2.24) is 5.32 Å². The number of benzene rings is 1. The third-order valence-corrected chi connectivity index (χ3v) is 3.85. The quantitative estimate of drug-likeness (QED) is 0.619. The predicted molar refractivity (Wildman–Crippen MR) is 70.1 cm³/mol. The Kier molecular flexibility index (Phi) is 3.95. The monoisotopic (exact) mass is 265 g/mol. The lowest BCUT2D eigenvalue weighted by Gasteiger charge is -2.26. The second-order valence-electron chi connectivity index (χ2n) is 5.25. The second-order valence-corrected chi connectivity index (χ2v) is 5.25. The van der Waals surface area contributed by atoms with Gasteiger partial charge in [0.25, 0.3) is 5.91 Å². The van der Waals surface area contributed by atoms with E-state index in [9.17, 15) is 20.1 Å². The van der Waals surface area contributed by atoms with E-state index >= 15 is 0 Å². The number of carbonyl (C=O) groups excluding carboxylic acids is 1. The largest absolute Gasteiger partial charge is 0.508 e. The van der Waals surface area contributed by atoms with Crippen LogP contribution in [0.5, 0.6) is 11.5 Å². The van der Waals surface area contributed by atoms with Crippen LogP contribution in [-0.4, -0.2) is 34.4 Å². The molecule has 0 saturated heterocycles. The fourth-order valence-electron chi connectivity index (χ4n) is 2.58. The number of phenolic OH excluding ortho intramolecular Hbond substituents is 2. The fourth-order valence-corrected chi connectivity index (χ4v) is 2.58. The number of aliphatic hydroxyl groups is 1. The van der Waals surface area contributed by atoms with Crippen molar-refractivity contribution in [2.24, 2.45) is 5.41 Å². The fraction of sp³-hybridized carbons (Fsp3) is 0.500. The van der Waals surface area contributed by atoms with Crippen molar-refractivity contribution in [1.29, 1.82) is 0 Å². The van der Waals surface area contributed by atoms with Crippen LogP contribution in [-0.2, 0) is 0 Å². The smallest absolute Gasteiger partial charge is 0.255 e. The minimum atomic E-state index is -0.437. The SMILES string of the molecule is O=C(NCC1(CO)CCCC1)c1cc(O)ccc1O. The molecule has 0 atom stereocenters. The summed E-state index contributed by atoms with van der Waals surface area (Å²) in [6.07, 6.45) is 3.92. The Morgan fingerprint density at radius 3 is 2.58 bits per heavy atom. The second kappa shape index (κ2) is 5.48. The molecule has 0 radical (unpaired) electrons. The summed E-state index contributed by atoms with van der Waals surface area (Å²) in [5, 5.41) is 31.1. The molecule has 1 saturated carbocycles. The Morgan fingerprint density at radius 2 is 1.95 bits per heavy atom. The van der Waals surface area contributed by atoms with Crippen molar-refractivity contribution in [3.8, 4) is 11.5 Å². The number of nitrogens with one attached hydrogen (secondary N) is 1. The molecular weight excluding hydrogens is 246 g/mol. The molecule has 1 aliphatic carbocycles. The minimum absolute atomic E-state index is 0.0473. The summed E-state index contributed by atoms with van der Waals surface area (Å²) in [5.41, 5.74) is -0.187.